The van der Waals surface area contributed by atoms with Gasteiger partial charge in [0.05, 0.1) is 12.2 Å². The zero-order valence-electron chi connectivity index (χ0n) is 19.6. The first-order valence-corrected chi connectivity index (χ1v) is 11.4. The molecule has 3 nitrogen and oxygen atoms in total. The molecule has 0 saturated carbocycles. The van der Waals surface area contributed by atoms with Crippen molar-refractivity contribution in [3.8, 4) is 22.6 Å². The Balaban J connectivity index is 1.55. The summed E-state index contributed by atoms with van der Waals surface area (Å²) in [5, 5.41) is 0. The molecule has 34 heavy (non-hydrogen) atoms. The number of benzene rings is 3. The quantitative estimate of drug-likeness (QED) is 0.172. The molecule has 0 saturated heterocycles. The standard InChI is InChI=1S/C28H29F3O3/c1-18(2)5-4-6-19(3)17-33-22-11-7-20(8-12-22)21-9-13-23(14-10-21)34-28(32)24-15-16-25(29)27(31)26(24)30/h7-16,18-19H,4-6,17H2,1-3H3. The molecule has 0 bridgehead atoms. The largest absolute Gasteiger partial charge is 0.493 e. The first kappa shape index (κ1) is 25.3. The normalized spacial score (nSPS) is 12.0. The molecule has 0 N–H and O–H groups in total. The van der Waals surface area contributed by atoms with E-state index in [9.17, 15) is 18.0 Å². The van der Waals surface area contributed by atoms with Gasteiger partial charge >= 0.3 is 5.97 Å². The Hall–Kier alpha value is -3.28. The molecule has 3 aromatic carbocycles. The van der Waals surface area contributed by atoms with Crippen molar-refractivity contribution in [3.05, 3.63) is 83.7 Å². The van der Waals surface area contributed by atoms with Gasteiger partial charge in [-0.3, -0.25) is 0 Å². The number of esters is 1. The van der Waals surface area contributed by atoms with E-state index in [1.165, 1.54) is 12.8 Å². The van der Waals surface area contributed by atoms with E-state index in [1.807, 2.05) is 24.3 Å². The molecule has 0 aliphatic heterocycles. The van der Waals surface area contributed by atoms with E-state index in [0.717, 1.165) is 35.3 Å². The van der Waals surface area contributed by atoms with Crippen LogP contribution in [-0.4, -0.2) is 12.6 Å². The van der Waals surface area contributed by atoms with Crippen molar-refractivity contribution < 1.29 is 27.4 Å². The highest BCUT2D eigenvalue weighted by molar-refractivity contribution is 5.91. The zero-order chi connectivity index (χ0) is 24.7. The molecule has 0 fully saturated rings. The molecule has 3 rings (SSSR count). The average Bonchev–Trinajstić information content (AvgIpc) is 2.82. The second-order valence-corrected chi connectivity index (χ2v) is 8.90. The fraction of sp³-hybridized carbons (Fsp3) is 0.321. The summed E-state index contributed by atoms with van der Waals surface area (Å²) in [7, 11) is 0. The SMILES string of the molecule is CC(C)CCCC(C)COc1ccc(-c2ccc(OC(=O)c3ccc(F)c(F)c3F)cc2)cc1. The maximum atomic E-state index is 13.8. The van der Waals surface area contributed by atoms with Crippen molar-refractivity contribution >= 4 is 5.97 Å². The highest BCUT2D eigenvalue weighted by Gasteiger charge is 2.20. The molecule has 180 valence electrons. The van der Waals surface area contributed by atoms with Gasteiger partial charge in [-0.05, 0) is 65.8 Å². The first-order valence-electron chi connectivity index (χ1n) is 11.4. The van der Waals surface area contributed by atoms with E-state index < -0.39 is 29.0 Å². The van der Waals surface area contributed by atoms with Crippen LogP contribution in [0.2, 0.25) is 0 Å². The van der Waals surface area contributed by atoms with E-state index >= 15 is 0 Å². The van der Waals surface area contributed by atoms with Gasteiger partial charge in [0.15, 0.2) is 17.5 Å². The minimum atomic E-state index is -1.71. The van der Waals surface area contributed by atoms with Crippen molar-refractivity contribution in [3.63, 3.8) is 0 Å². The Morgan fingerprint density at radius 2 is 1.35 bits per heavy atom. The number of carbonyl (C=O) groups is 1. The van der Waals surface area contributed by atoms with Gasteiger partial charge < -0.3 is 9.47 Å². The Morgan fingerprint density at radius 3 is 1.94 bits per heavy atom. The maximum Gasteiger partial charge on any atom is 0.346 e. The summed E-state index contributed by atoms with van der Waals surface area (Å²) in [6.07, 6.45) is 3.59. The summed E-state index contributed by atoms with van der Waals surface area (Å²) >= 11 is 0. The van der Waals surface area contributed by atoms with Crippen LogP contribution in [0.15, 0.2) is 60.7 Å². The summed E-state index contributed by atoms with van der Waals surface area (Å²) in [5.41, 5.74) is 1.15. The molecule has 3 aromatic rings. The van der Waals surface area contributed by atoms with Crippen molar-refractivity contribution in [2.45, 2.75) is 40.0 Å². The molecular weight excluding hydrogens is 441 g/mol. The third kappa shape index (κ3) is 6.86. The summed E-state index contributed by atoms with van der Waals surface area (Å²) in [6, 6.07) is 15.8. The van der Waals surface area contributed by atoms with Crippen LogP contribution in [0.25, 0.3) is 11.1 Å². The summed E-state index contributed by atoms with van der Waals surface area (Å²) in [6.45, 7) is 7.35. The Kier molecular flexibility index (Phi) is 8.74. The molecule has 0 radical (unpaired) electrons. The van der Waals surface area contributed by atoms with Gasteiger partial charge in [0.25, 0.3) is 0 Å². The Labute approximate surface area is 198 Å². The van der Waals surface area contributed by atoms with Crippen molar-refractivity contribution in [2.75, 3.05) is 6.61 Å². The Morgan fingerprint density at radius 1 is 0.765 bits per heavy atom. The summed E-state index contributed by atoms with van der Waals surface area (Å²) < 4.78 is 51.2. The third-order valence-corrected chi connectivity index (χ3v) is 5.52. The summed E-state index contributed by atoms with van der Waals surface area (Å²) in [4.78, 5) is 12.1. The van der Waals surface area contributed by atoms with Gasteiger partial charge in [-0.25, -0.2) is 18.0 Å². The first-order chi connectivity index (χ1) is 16.2. The lowest BCUT2D eigenvalue weighted by atomic mass is 10.0. The van der Waals surface area contributed by atoms with Gasteiger partial charge in [-0.1, -0.05) is 57.9 Å². The lowest BCUT2D eigenvalue weighted by Gasteiger charge is -2.14. The maximum absolute atomic E-state index is 13.8. The van der Waals surface area contributed by atoms with Crippen LogP contribution < -0.4 is 9.47 Å². The van der Waals surface area contributed by atoms with Crippen LogP contribution in [0.5, 0.6) is 11.5 Å². The van der Waals surface area contributed by atoms with E-state index in [2.05, 4.69) is 20.8 Å². The molecule has 1 unspecified atom stereocenters. The van der Waals surface area contributed by atoms with Crippen LogP contribution in [0, 0.1) is 29.3 Å². The minimum absolute atomic E-state index is 0.157. The predicted octanol–water partition coefficient (Wildman–Crippen LogP) is 7.83. The van der Waals surface area contributed by atoms with Crippen LogP contribution in [0.4, 0.5) is 13.2 Å². The monoisotopic (exact) mass is 470 g/mol. The van der Waals surface area contributed by atoms with Crippen molar-refractivity contribution in [1.29, 1.82) is 0 Å². The average molecular weight is 471 g/mol. The molecule has 0 amide bonds. The fourth-order valence-corrected chi connectivity index (χ4v) is 3.50. The lowest BCUT2D eigenvalue weighted by Crippen LogP contribution is -2.12. The number of hydrogen-bond acceptors (Lipinski definition) is 3. The zero-order valence-corrected chi connectivity index (χ0v) is 19.6. The second-order valence-electron chi connectivity index (χ2n) is 8.90. The molecule has 0 heterocycles. The van der Waals surface area contributed by atoms with E-state index in [0.29, 0.717) is 18.6 Å². The second kappa shape index (κ2) is 11.7. The molecule has 0 aliphatic rings. The van der Waals surface area contributed by atoms with Crippen LogP contribution in [0.3, 0.4) is 0 Å². The van der Waals surface area contributed by atoms with Crippen molar-refractivity contribution in [2.24, 2.45) is 11.8 Å². The molecule has 1 atom stereocenters. The smallest absolute Gasteiger partial charge is 0.346 e. The molecule has 0 aliphatic carbocycles. The molecule has 0 spiro atoms. The number of hydrogen-bond donors (Lipinski definition) is 0. The van der Waals surface area contributed by atoms with Gasteiger partial charge in [0, 0.05) is 0 Å². The number of rotatable bonds is 10. The van der Waals surface area contributed by atoms with Gasteiger partial charge in [0.1, 0.15) is 11.5 Å². The van der Waals surface area contributed by atoms with Crippen LogP contribution >= 0.6 is 0 Å². The summed E-state index contributed by atoms with van der Waals surface area (Å²) in [5.74, 6) is -3.58. The van der Waals surface area contributed by atoms with Gasteiger partial charge in [-0.2, -0.15) is 0 Å². The third-order valence-electron chi connectivity index (χ3n) is 5.52. The topological polar surface area (TPSA) is 35.5 Å². The van der Waals surface area contributed by atoms with Gasteiger partial charge in [-0.15, -0.1) is 0 Å². The van der Waals surface area contributed by atoms with Crippen molar-refractivity contribution in [1.82, 2.24) is 0 Å². The van der Waals surface area contributed by atoms with E-state index in [-0.39, 0.29) is 5.75 Å². The van der Waals surface area contributed by atoms with Crippen LogP contribution in [0.1, 0.15) is 50.4 Å². The number of halogens is 3. The Bertz CT molecular complexity index is 1090. The molecular formula is C28H29F3O3. The predicted molar refractivity (Wildman–Crippen MR) is 127 cm³/mol. The number of ether oxygens (including phenoxy) is 2. The highest BCUT2D eigenvalue weighted by Crippen LogP contribution is 2.26. The highest BCUT2D eigenvalue weighted by atomic mass is 19.2. The minimum Gasteiger partial charge on any atom is -0.493 e. The molecule has 6 heteroatoms. The fourth-order valence-electron chi connectivity index (χ4n) is 3.50. The number of carbonyl (C=O) groups excluding carboxylic acids is 1. The van der Waals surface area contributed by atoms with E-state index in [4.69, 9.17) is 9.47 Å². The van der Waals surface area contributed by atoms with E-state index in [1.54, 1.807) is 24.3 Å². The molecule has 0 aromatic heterocycles. The van der Waals surface area contributed by atoms with Crippen LogP contribution in [-0.2, 0) is 0 Å². The van der Waals surface area contributed by atoms with Gasteiger partial charge in [0.2, 0.25) is 0 Å². The lowest BCUT2D eigenvalue weighted by molar-refractivity contribution is 0.0728.